The van der Waals surface area contributed by atoms with E-state index in [4.69, 9.17) is 15.4 Å². The largest absolute Gasteiger partial charge is 0.478 e. The van der Waals surface area contributed by atoms with Crippen LogP contribution in [0, 0.1) is 0 Å². The Morgan fingerprint density at radius 3 is 2.55 bits per heavy atom. The van der Waals surface area contributed by atoms with Gasteiger partial charge >= 0.3 is 16.4 Å². The minimum absolute atomic E-state index is 0.0175. The van der Waals surface area contributed by atoms with Gasteiger partial charge in [0.15, 0.2) is 16.4 Å². The number of oxime groups is 1. The van der Waals surface area contributed by atoms with Crippen LogP contribution >= 0.6 is 11.3 Å². The molecular weight excluding hydrogens is 472 g/mol. The molecule has 0 spiro atoms. The number of carboxylic acid groups (broad SMARTS) is 1. The van der Waals surface area contributed by atoms with Gasteiger partial charge in [0.1, 0.15) is 25.1 Å². The summed E-state index contributed by atoms with van der Waals surface area (Å²) in [5.74, 6) is -4.11. The van der Waals surface area contributed by atoms with Gasteiger partial charge in [0.2, 0.25) is 6.10 Å². The number of amides is 2. The number of carbonyl (C=O) groups excluding carboxylic acids is 2. The highest BCUT2D eigenvalue weighted by atomic mass is 32.3. The molecule has 31 heavy (non-hydrogen) atoms. The summed E-state index contributed by atoms with van der Waals surface area (Å²) in [6.07, 6.45) is -1.50. The number of nitrogens with one attached hydrogen (secondary N) is 1. The number of halogens is 2. The number of nitrogens with two attached hydrogens (primary N) is 1. The lowest BCUT2D eigenvalue weighted by Gasteiger charge is -2.51. The van der Waals surface area contributed by atoms with Crippen LogP contribution in [-0.2, 0) is 33.9 Å². The average Bonchev–Trinajstić information content (AvgIpc) is 3.11. The number of alkyl halides is 2. The molecule has 0 radical (unpaired) electrons. The van der Waals surface area contributed by atoms with Crippen molar-refractivity contribution >= 4 is 50.4 Å². The molecule has 0 saturated carbocycles. The van der Waals surface area contributed by atoms with Crippen LogP contribution < -0.4 is 11.1 Å². The monoisotopic (exact) mass is 487 g/mol. The van der Waals surface area contributed by atoms with E-state index in [1.165, 1.54) is 5.38 Å². The molecule has 1 fully saturated rings. The Morgan fingerprint density at radius 1 is 1.48 bits per heavy atom. The number of nitrogen functional groups attached to an aromatic ring is 1. The van der Waals surface area contributed by atoms with Crippen LogP contribution in [0.15, 0.2) is 10.5 Å². The van der Waals surface area contributed by atoms with Gasteiger partial charge in [0.05, 0.1) is 0 Å². The van der Waals surface area contributed by atoms with Gasteiger partial charge in [-0.2, -0.15) is 13.5 Å². The third-order valence-corrected chi connectivity index (χ3v) is 4.94. The molecule has 18 heteroatoms. The Morgan fingerprint density at radius 2 is 2.10 bits per heavy atom. The number of thiazole rings is 1. The summed E-state index contributed by atoms with van der Waals surface area (Å²) in [6.45, 7) is -2.33. The van der Waals surface area contributed by atoms with Gasteiger partial charge in [0.25, 0.3) is 11.8 Å². The van der Waals surface area contributed by atoms with Crippen molar-refractivity contribution in [2.24, 2.45) is 5.16 Å². The lowest BCUT2D eigenvalue weighted by atomic mass is 9.82. The molecule has 1 aromatic heterocycles. The van der Waals surface area contributed by atoms with Crippen molar-refractivity contribution < 1.29 is 50.4 Å². The van der Waals surface area contributed by atoms with Crippen LogP contribution in [0.4, 0.5) is 13.9 Å². The normalized spacial score (nSPS) is 19.5. The number of aliphatic carboxylic acids is 1. The Labute approximate surface area is 176 Å². The Hall–Kier alpha value is -2.96. The summed E-state index contributed by atoms with van der Waals surface area (Å²) in [6, 6.07) is -1.98. The van der Waals surface area contributed by atoms with Gasteiger partial charge in [-0.3, -0.25) is 14.1 Å². The van der Waals surface area contributed by atoms with Crippen LogP contribution in [-0.4, -0.2) is 82.7 Å². The standard InChI is InChI=1S/C13H15F2N5O9S2/c1-5(11(23)24)28-19-7(6-2-30-12(16)17-6)9(21)18-8-10(22)20(29-31(25,26)27)13(8,3-14)4-15/h2,5,8H,3-4H2,1H3,(H2,16,17)(H,18,21)(H,23,24)(H,25,26,27)/b19-7-/t5-,8+/m0/s1. The van der Waals surface area contributed by atoms with Crippen LogP contribution in [0.1, 0.15) is 12.6 Å². The summed E-state index contributed by atoms with van der Waals surface area (Å²) in [5.41, 5.74) is 1.97. The molecule has 0 unspecified atom stereocenters. The van der Waals surface area contributed by atoms with E-state index < -0.39 is 64.9 Å². The van der Waals surface area contributed by atoms with Crippen molar-refractivity contribution in [3.05, 3.63) is 11.1 Å². The molecule has 1 aromatic rings. The lowest BCUT2D eigenvalue weighted by Crippen LogP contribution is -2.81. The molecule has 0 bridgehead atoms. The summed E-state index contributed by atoms with van der Waals surface area (Å²) in [4.78, 5) is 44.0. The third-order valence-electron chi connectivity index (χ3n) is 3.93. The van der Waals surface area contributed by atoms with Crippen molar-refractivity contribution in [2.45, 2.75) is 24.6 Å². The van der Waals surface area contributed by atoms with Gasteiger partial charge in [-0.05, 0) is 6.92 Å². The van der Waals surface area contributed by atoms with Crippen molar-refractivity contribution in [1.82, 2.24) is 15.4 Å². The third kappa shape index (κ3) is 5.03. The number of hydrogen-bond donors (Lipinski definition) is 4. The number of anilines is 1. The predicted molar refractivity (Wildman–Crippen MR) is 97.3 cm³/mol. The van der Waals surface area contributed by atoms with Crippen molar-refractivity contribution in [3.63, 3.8) is 0 Å². The zero-order valence-electron chi connectivity index (χ0n) is 15.4. The smallest absolute Gasteiger partial charge is 0.418 e. The number of rotatable bonds is 10. The molecule has 2 heterocycles. The number of hydroxylamine groups is 2. The number of carboxylic acids is 1. The first-order valence-electron chi connectivity index (χ1n) is 7.98. The quantitative estimate of drug-likeness (QED) is 0.131. The fourth-order valence-corrected chi connectivity index (χ4v) is 3.25. The van der Waals surface area contributed by atoms with E-state index in [-0.39, 0.29) is 15.9 Å². The van der Waals surface area contributed by atoms with Gasteiger partial charge in [-0.25, -0.2) is 18.6 Å². The molecule has 0 aromatic carbocycles. The highest BCUT2D eigenvalue weighted by Crippen LogP contribution is 2.35. The second-order valence-corrected chi connectivity index (χ2v) is 7.90. The van der Waals surface area contributed by atoms with Crippen LogP contribution in [0.2, 0.25) is 0 Å². The van der Waals surface area contributed by atoms with Crippen molar-refractivity contribution in [1.29, 1.82) is 0 Å². The predicted octanol–water partition coefficient (Wildman–Crippen LogP) is -1.34. The first-order valence-corrected chi connectivity index (χ1v) is 10.2. The molecule has 14 nitrogen and oxygen atoms in total. The summed E-state index contributed by atoms with van der Waals surface area (Å²) in [5, 5.41) is 15.1. The van der Waals surface area contributed by atoms with Crippen molar-refractivity contribution in [2.75, 3.05) is 19.1 Å². The van der Waals surface area contributed by atoms with E-state index in [0.717, 1.165) is 18.3 Å². The molecule has 0 aliphatic carbocycles. The van der Waals surface area contributed by atoms with E-state index in [2.05, 4.69) is 19.3 Å². The highest BCUT2D eigenvalue weighted by Gasteiger charge is 2.64. The summed E-state index contributed by atoms with van der Waals surface area (Å²) < 4.78 is 61.4. The fourth-order valence-electron chi connectivity index (χ4n) is 2.29. The molecule has 172 valence electrons. The zero-order valence-corrected chi connectivity index (χ0v) is 17.0. The van der Waals surface area contributed by atoms with Crippen LogP contribution in [0.5, 0.6) is 0 Å². The highest BCUT2D eigenvalue weighted by molar-refractivity contribution is 7.80. The summed E-state index contributed by atoms with van der Waals surface area (Å²) in [7, 11) is -5.31. The molecular formula is C13H15F2N5O9S2. The summed E-state index contributed by atoms with van der Waals surface area (Å²) >= 11 is 0.870. The lowest BCUT2D eigenvalue weighted by molar-refractivity contribution is -0.232. The first kappa shape index (κ1) is 24.3. The van der Waals surface area contributed by atoms with E-state index in [0.29, 0.717) is 0 Å². The van der Waals surface area contributed by atoms with Gasteiger partial charge in [-0.1, -0.05) is 5.16 Å². The Kier molecular flexibility index (Phi) is 7.09. The van der Waals surface area contributed by atoms with Crippen LogP contribution in [0.25, 0.3) is 0 Å². The second kappa shape index (κ2) is 9.04. The van der Waals surface area contributed by atoms with Gasteiger partial charge < -0.3 is 21.0 Å². The van der Waals surface area contributed by atoms with E-state index in [1.54, 1.807) is 0 Å². The van der Waals surface area contributed by atoms with Gasteiger partial charge in [0, 0.05) is 5.38 Å². The molecule has 1 aliphatic rings. The Bertz CT molecular complexity index is 1010. The minimum Gasteiger partial charge on any atom is -0.478 e. The average molecular weight is 487 g/mol. The molecule has 2 amide bonds. The number of nitrogens with zero attached hydrogens (tertiary/aromatic N) is 3. The SMILES string of the molecule is C[C@H](O/N=C(\C(=O)N[C@@H]1C(=O)N(OS(=O)(=O)O)C1(CF)CF)c1csc(N)n1)C(=O)O. The number of hydrogen-bond acceptors (Lipinski definition) is 11. The zero-order chi connectivity index (χ0) is 23.6. The topological polar surface area (TPSA) is 211 Å². The van der Waals surface area contributed by atoms with E-state index >= 15 is 0 Å². The Balaban J connectivity index is 2.32. The van der Waals surface area contributed by atoms with Crippen molar-refractivity contribution in [3.8, 4) is 0 Å². The molecule has 1 aliphatic heterocycles. The maximum Gasteiger partial charge on any atom is 0.418 e. The maximum atomic E-state index is 13.6. The molecule has 2 atom stereocenters. The van der Waals surface area contributed by atoms with Gasteiger partial charge in [-0.15, -0.1) is 15.6 Å². The molecule has 5 N–H and O–H groups in total. The van der Waals surface area contributed by atoms with E-state index in [1.807, 2.05) is 5.32 Å². The fraction of sp³-hybridized carbons (Fsp3) is 0.462. The van der Waals surface area contributed by atoms with E-state index in [9.17, 15) is 31.6 Å². The van der Waals surface area contributed by atoms with Crippen LogP contribution in [0.3, 0.4) is 0 Å². The minimum atomic E-state index is -5.31. The maximum absolute atomic E-state index is 13.6. The molecule has 1 saturated heterocycles. The first-order chi connectivity index (χ1) is 14.4. The number of β-lactam (4-membered cyclic amide) rings is 1. The molecule has 2 rings (SSSR count). The second-order valence-electron chi connectivity index (χ2n) is 6.01. The number of carbonyl (C=O) groups is 3. The number of aromatic nitrogens is 1.